The van der Waals surface area contributed by atoms with E-state index in [1.807, 2.05) is 49.7 Å². The Kier molecular flexibility index (Phi) is 6.71. The predicted octanol–water partition coefficient (Wildman–Crippen LogP) is 3.02. The van der Waals surface area contributed by atoms with Gasteiger partial charge in [0.1, 0.15) is 14.8 Å². The molecule has 0 radical (unpaired) electrons. The fourth-order valence-electron chi connectivity index (χ4n) is 3.82. The van der Waals surface area contributed by atoms with Gasteiger partial charge in [0.2, 0.25) is 10.0 Å². The van der Waals surface area contributed by atoms with Gasteiger partial charge in [-0.15, -0.1) is 11.3 Å². The van der Waals surface area contributed by atoms with E-state index >= 15 is 0 Å². The number of nitrogens with zero attached hydrogens (tertiary/aromatic N) is 3. The lowest BCUT2D eigenvalue weighted by Gasteiger charge is -2.26. The number of hydrogen-bond acceptors (Lipinski definition) is 6. The highest BCUT2D eigenvalue weighted by atomic mass is 32.2. The van der Waals surface area contributed by atoms with E-state index in [0.29, 0.717) is 53.3 Å². The largest absolute Gasteiger partial charge is 0.378 e. The Morgan fingerprint density at radius 2 is 1.88 bits per heavy atom. The molecule has 1 aliphatic rings. The summed E-state index contributed by atoms with van der Waals surface area (Å²) in [5.41, 5.74) is 3.87. The molecule has 0 spiro atoms. The first kappa shape index (κ1) is 23.6. The van der Waals surface area contributed by atoms with Crippen LogP contribution in [0.3, 0.4) is 0 Å². The molecule has 8 nitrogen and oxygen atoms in total. The second-order valence-corrected chi connectivity index (χ2v) is 10.9. The van der Waals surface area contributed by atoms with Crippen LogP contribution in [0.4, 0.5) is 0 Å². The maximum atomic E-state index is 13.1. The zero-order valence-corrected chi connectivity index (χ0v) is 20.8. The summed E-state index contributed by atoms with van der Waals surface area (Å²) in [6.45, 7) is 7.93. The summed E-state index contributed by atoms with van der Waals surface area (Å²) in [4.78, 5) is 20.1. The minimum absolute atomic E-state index is 0.0572. The highest BCUT2D eigenvalue weighted by molar-refractivity contribution is 7.89. The molecular weight excluding hydrogens is 460 g/mol. The quantitative estimate of drug-likeness (QED) is 0.576. The van der Waals surface area contributed by atoms with Gasteiger partial charge in [-0.3, -0.25) is 4.79 Å². The van der Waals surface area contributed by atoms with Crippen molar-refractivity contribution in [3.05, 3.63) is 57.7 Å². The van der Waals surface area contributed by atoms with Crippen LogP contribution in [-0.2, 0) is 28.4 Å². The first-order valence-electron chi connectivity index (χ1n) is 10.7. The fraction of sp³-hybridized carbons (Fsp3) is 0.391. The highest BCUT2D eigenvalue weighted by Gasteiger charge is 2.27. The first-order chi connectivity index (χ1) is 15.7. The standard InChI is InChI=1S/C23H28N4O4S2/c1-15-7-5-6-8-18(15)14-24-33(29,30)20-13-19(26(4)17(20)3)22-25-16(2)21(32-22)23(28)27-9-11-31-12-10-27/h5-8,13,24H,9-12,14H2,1-4H3. The van der Waals surface area contributed by atoms with Crippen LogP contribution < -0.4 is 4.72 Å². The molecule has 4 rings (SSSR count). The van der Waals surface area contributed by atoms with Crippen molar-refractivity contribution in [3.63, 3.8) is 0 Å². The van der Waals surface area contributed by atoms with Crippen LogP contribution in [0.2, 0.25) is 0 Å². The van der Waals surface area contributed by atoms with Gasteiger partial charge in [0.15, 0.2) is 0 Å². The number of benzene rings is 1. The van der Waals surface area contributed by atoms with Crippen LogP contribution in [0.15, 0.2) is 35.2 Å². The normalized spacial score (nSPS) is 14.6. The summed E-state index contributed by atoms with van der Waals surface area (Å²) >= 11 is 1.29. The maximum absolute atomic E-state index is 13.1. The Labute approximate surface area is 198 Å². The molecule has 1 saturated heterocycles. The minimum Gasteiger partial charge on any atom is -0.378 e. The van der Waals surface area contributed by atoms with E-state index in [9.17, 15) is 13.2 Å². The summed E-state index contributed by atoms with van der Waals surface area (Å²) in [5, 5.41) is 0.620. The number of morpholine rings is 1. The highest BCUT2D eigenvalue weighted by Crippen LogP contribution is 2.33. The molecular formula is C23H28N4O4S2. The van der Waals surface area contributed by atoms with E-state index < -0.39 is 10.0 Å². The zero-order valence-electron chi connectivity index (χ0n) is 19.2. The van der Waals surface area contributed by atoms with Crippen molar-refractivity contribution < 1.29 is 17.9 Å². The summed E-state index contributed by atoms with van der Waals surface area (Å²) in [6.07, 6.45) is 0. The number of carbonyl (C=O) groups excluding carboxylic acids is 1. The lowest BCUT2D eigenvalue weighted by atomic mass is 10.1. The van der Waals surface area contributed by atoms with Crippen LogP contribution in [0.1, 0.15) is 32.2 Å². The molecule has 33 heavy (non-hydrogen) atoms. The summed E-state index contributed by atoms with van der Waals surface area (Å²) in [7, 11) is -1.92. The molecule has 1 aromatic carbocycles. The Balaban J connectivity index is 1.61. The topological polar surface area (TPSA) is 93.5 Å². The van der Waals surface area contributed by atoms with Gasteiger partial charge >= 0.3 is 0 Å². The van der Waals surface area contributed by atoms with Crippen molar-refractivity contribution in [3.8, 4) is 10.7 Å². The van der Waals surface area contributed by atoms with Gasteiger partial charge in [0, 0.05) is 32.4 Å². The molecule has 1 fully saturated rings. The third-order valence-electron chi connectivity index (χ3n) is 6.00. The molecule has 0 aliphatic carbocycles. The number of carbonyl (C=O) groups is 1. The van der Waals surface area contributed by atoms with Crippen LogP contribution in [0.25, 0.3) is 10.7 Å². The lowest BCUT2D eigenvalue weighted by Crippen LogP contribution is -2.40. The molecule has 3 aromatic rings. The van der Waals surface area contributed by atoms with Crippen molar-refractivity contribution in [1.82, 2.24) is 19.2 Å². The number of ether oxygens (including phenoxy) is 1. The fourth-order valence-corrected chi connectivity index (χ4v) is 6.20. The zero-order chi connectivity index (χ0) is 23.8. The van der Waals surface area contributed by atoms with Gasteiger partial charge < -0.3 is 14.2 Å². The maximum Gasteiger partial charge on any atom is 0.266 e. The molecule has 176 valence electrons. The number of hydrogen-bond donors (Lipinski definition) is 1. The second kappa shape index (κ2) is 9.38. The van der Waals surface area contributed by atoms with E-state index in [0.717, 1.165) is 11.1 Å². The number of sulfonamides is 1. The molecule has 0 unspecified atom stereocenters. The van der Waals surface area contributed by atoms with E-state index in [2.05, 4.69) is 9.71 Å². The van der Waals surface area contributed by atoms with Gasteiger partial charge in [-0.25, -0.2) is 18.1 Å². The molecule has 3 heterocycles. The van der Waals surface area contributed by atoms with Crippen molar-refractivity contribution in [2.24, 2.45) is 7.05 Å². The molecule has 1 aliphatic heterocycles. The SMILES string of the molecule is Cc1ccccc1CNS(=O)(=O)c1cc(-c2nc(C)c(C(=O)N3CCOCC3)s2)n(C)c1C. The van der Waals surface area contributed by atoms with Crippen molar-refractivity contribution in [2.45, 2.75) is 32.2 Å². The van der Waals surface area contributed by atoms with E-state index in [1.165, 1.54) is 11.3 Å². The number of aromatic nitrogens is 2. The van der Waals surface area contributed by atoms with Gasteiger partial charge in [-0.2, -0.15) is 0 Å². The smallest absolute Gasteiger partial charge is 0.266 e. The van der Waals surface area contributed by atoms with Crippen molar-refractivity contribution in [1.29, 1.82) is 0 Å². The van der Waals surface area contributed by atoms with Crippen LogP contribution in [0.5, 0.6) is 0 Å². The Hall–Kier alpha value is -2.53. The minimum atomic E-state index is -3.74. The van der Waals surface area contributed by atoms with E-state index in [-0.39, 0.29) is 17.3 Å². The van der Waals surface area contributed by atoms with Crippen LogP contribution >= 0.6 is 11.3 Å². The van der Waals surface area contributed by atoms with Gasteiger partial charge in [0.05, 0.1) is 24.6 Å². The summed E-state index contributed by atoms with van der Waals surface area (Å²) < 4.78 is 36.1. The second-order valence-electron chi connectivity index (χ2n) is 8.13. The number of amides is 1. The molecule has 1 N–H and O–H groups in total. The van der Waals surface area contributed by atoms with E-state index in [1.54, 1.807) is 17.9 Å². The monoisotopic (exact) mass is 488 g/mol. The molecule has 0 saturated carbocycles. The van der Waals surface area contributed by atoms with Crippen molar-refractivity contribution in [2.75, 3.05) is 26.3 Å². The van der Waals surface area contributed by atoms with Gasteiger partial charge in [-0.05, 0) is 38.0 Å². The number of thiazole rings is 1. The Morgan fingerprint density at radius 1 is 1.18 bits per heavy atom. The molecule has 0 atom stereocenters. The van der Waals surface area contributed by atoms with E-state index in [4.69, 9.17) is 4.74 Å². The van der Waals surface area contributed by atoms with Crippen LogP contribution in [-0.4, -0.2) is 55.1 Å². The molecule has 10 heteroatoms. The van der Waals surface area contributed by atoms with Crippen molar-refractivity contribution >= 4 is 27.3 Å². The summed E-state index contributed by atoms with van der Waals surface area (Å²) in [6, 6.07) is 9.32. The average molecular weight is 489 g/mol. The van der Waals surface area contributed by atoms with Crippen LogP contribution in [0, 0.1) is 20.8 Å². The number of rotatable bonds is 6. The predicted molar refractivity (Wildman–Crippen MR) is 128 cm³/mol. The molecule has 2 aromatic heterocycles. The molecule has 0 bridgehead atoms. The third kappa shape index (κ3) is 4.74. The summed E-state index contributed by atoms with van der Waals surface area (Å²) in [5.74, 6) is -0.0572. The number of nitrogens with one attached hydrogen (secondary N) is 1. The Bertz CT molecular complexity index is 1290. The third-order valence-corrected chi connectivity index (χ3v) is 8.69. The van der Waals surface area contributed by atoms with Gasteiger partial charge in [-0.1, -0.05) is 24.3 Å². The lowest BCUT2D eigenvalue weighted by molar-refractivity contribution is 0.0305. The average Bonchev–Trinajstić information content (AvgIpc) is 3.33. The number of aryl methyl sites for hydroxylation is 2. The first-order valence-corrected chi connectivity index (χ1v) is 13.0. The van der Waals surface area contributed by atoms with Gasteiger partial charge in [0.25, 0.3) is 5.91 Å². The Morgan fingerprint density at radius 3 is 2.58 bits per heavy atom. The molecule has 1 amide bonds.